The van der Waals surface area contributed by atoms with Crippen LogP contribution in [0.15, 0.2) is 71.1 Å². The van der Waals surface area contributed by atoms with Crippen molar-refractivity contribution in [1.82, 2.24) is 9.66 Å². The van der Waals surface area contributed by atoms with Crippen molar-refractivity contribution in [2.24, 2.45) is 5.10 Å². The lowest BCUT2D eigenvalue weighted by Crippen LogP contribution is -2.21. The van der Waals surface area contributed by atoms with Crippen molar-refractivity contribution < 1.29 is 14.2 Å². The van der Waals surface area contributed by atoms with Gasteiger partial charge in [-0.25, -0.2) is 4.98 Å². The lowest BCUT2D eigenvalue weighted by Gasteiger charge is -2.18. The molecule has 0 radical (unpaired) electrons. The van der Waals surface area contributed by atoms with Gasteiger partial charge in [-0.15, -0.1) is 0 Å². The molecular weight excluding hydrogens is 514 g/mol. The molecule has 0 aliphatic carbocycles. The van der Waals surface area contributed by atoms with E-state index in [1.54, 1.807) is 30.5 Å². The molecule has 0 fully saturated rings. The Bertz CT molecular complexity index is 1610. The van der Waals surface area contributed by atoms with E-state index >= 15 is 0 Å². The molecular formula is C31H32ClN3O4. The molecule has 1 heterocycles. The second-order valence-corrected chi connectivity index (χ2v) is 9.65. The van der Waals surface area contributed by atoms with Crippen molar-refractivity contribution in [2.45, 2.75) is 33.6 Å². The highest BCUT2D eigenvalue weighted by Crippen LogP contribution is 2.37. The van der Waals surface area contributed by atoms with Crippen LogP contribution in [-0.2, 0) is 0 Å². The molecule has 0 bridgehead atoms. The van der Waals surface area contributed by atoms with E-state index in [-0.39, 0.29) is 18.1 Å². The Morgan fingerprint density at radius 2 is 1.90 bits per heavy atom. The topological polar surface area (TPSA) is 74.9 Å². The summed E-state index contributed by atoms with van der Waals surface area (Å²) in [6.07, 6.45) is 3.18. The van der Waals surface area contributed by atoms with Gasteiger partial charge in [-0.1, -0.05) is 50.2 Å². The highest BCUT2D eigenvalue weighted by Gasteiger charge is 2.19. The number of para-hydroxylation sites is 1. The van der Waals surface area contributed by atoms with Crippen LogP contribution in [0.3, 0.4) is 0 Å². The van der Waals surface area contributed by atoms with E-state index < -0.39 is 0 Å². The molecule has 39 heavy (non-hydrogen) atoms. The van der Waals surface area contributed by atoms with Crippen molar-refractivity contribution in [1.29, 1.82) is 0 Å². The predicted molar refractivity (Wildman–Crippen MR) is 158 cm³/mol. The summed E-state index contributed by atoms with van der Waals surface area (Å²) in [5.74, 6) is 2.31. The summed E-state index contributed by atoms with van der Waals surface area (Å²) in [7, 11) is 1.53. The molecule has 0 aliphatic rings. The van der Waals surface area contributed by atoms with E-state index in [0.29, 0.717) is 45.4 Å². The summed E-state index contributed by atoms with van der Waals surface area (Å²) in [4.78, 5) is 18.6. The standard InChI is InChI=1S/C31H32ClN3O4/c1-7-13-39-29-25(32)15-21(16-28(29)37-6)18-33-35-30(34-26-12-10-9-11-22(26)31(35)36)24-17-23(19(3)4)27(38-8-2)14-20(24)5/h7,9-12,14-19H,1,8,13H2,2-6H3. The summed E-state index contributed by atoms with van der Waals surface area (Å²) in [6, 6.07) is 14.7. The minimum Gasteiger partial charge on any atom is -0.494 e. The van der Waals surface area contributed by atoms with E-state index in [4.69, 9.17) is 30.8 Å². The highest BCUT2D eigenvalue weighted by molar-refractivity contribution is 6.32. The van der Waals surface area contributed by atoms with Crippen LogP contribution in [0.1, 0.15) is 43.4 Å². The molecule has 0 saturated heterocycles. The fourth-order valence-electron chi connectivity index (χ4n) is 4.30. The Balaban J connectivity index is 1.92. The number of aryl methyl sites for hydroxylation is 1. The van der Waals surface area contributed by atoms with E-state index in [2.05, 4.69) is 25.5 Å². The predicted octanol–water partition coefficient (Wildman–Crippen LogP) is 7.00. The minimum atomic E-state index is -0.282. The maximum atomic E-state index is 13.7. The first kappa shape index (κ1) is 27.9. The van der Waals surface area contributed by atoms with Crippen LogP contribution < -0.4 is 19.8 Å². The van der Waals surface area contributed by atoms with Gasteiger partial charge in [0.15, 0.2) is 17.3 Å². The van der Waals surface area contributed by atoms with Crippen molar-refractivity contribution >= 4 is 28.7 Å². The van der Waals surface area contributed by atoms with Crippen LogP contribution in [0, 0.1) is 6.92 Å². The third kappa shape index (κ3) is 5.83. The van der Waals surface area contributed by atoms with Crippen LogP contribution >= 0.6 is 11.6 Å². The number of hydrogen-bond donors (Lipinski definition) is 0. The number of nitrogens with zero attached hydrogens (tertiary/aromatic N) is 3. The number of ether oxygens (including phenoxy) is 3. The summed E-state index contributed by atoms with van der Waals surface area (Å²) in [5, 5.41) is 5.42. The van der Waals surface area contributed by atoms with Gasteiger partial charge in [-0.05, 0) is 72.9 Å². The molecule has 7 nitrogen and oxygen atoms in total. The number of aromatic nitrogens is 2. The molecule has 0 unspecified atom stereocenters. The maximum Gasteiger partial charge on any atom is 0.282 e. The molecule has 1 aromatic heterocycles. The SMILES string of the molecule is C=CCOc1c(Cl)cc(C=Nn2c(-c3cc(C(C)C)c(OCC)cc3C)nc3ccccc3c2=O)cc1OC. The Morgan fingerprint density at radius 1 is 1.13 bits per heavy atom. The summed E-state index contributed by atoms with van der Waals surface area (Å²) in [5.41, 5.74) is 3.68. The monoisotopic (exact) mass is 545 g/mol. The Labute approximate surface area is 233 Å². The molecule has 4 aromatic rings. The molecule has 0 aliphatic heterocycles. The van der Waals surface area contributed by atoms with Gasteiger partial charge >= 0.3 is 0 Å². The van der Waals surface area contributed by atoms with Gasteiger partial charge in [-0.3, -0.25) is 4.79 Å². The molecule has 202 valence electrons. The molecule has 3 aromatic carbocycles. The van der Waals surface area contributed by atoms with Gasteiger partial charge in [0.05, 0.1) is 35.9 Å². The summed E-state index contributed by atoms with van der Waals surface area (Å²) >= 11 is 6.48. The van der Waals surface area contributed by atoms with Gasteiger partial charge in [0.25, 0.3) is 5.56 Å². The quantitative estimate of drug-likeness (QED) is 0.158. The number of rotatable bonds is 10. The average molecular weight is 546 g/mol. The van der Waals surface area contributed by atoms with Gasteiger partial charge in [0.1, 0.15) is 12.4 Å². The maximum absolute atomic E-state index is 13.7. The van der Waals surface area contributed by atoms with Crippen LogP contribution in [0.2, 0.25) is 5.02 Å². The first-order valence-electron chi connectivity index (χ1n) is 12.7. The highest BCUT2D eigenvalue weighted by atomic mass is 35.5. The number of halogens is 1. The second-order valence-electron chi connectivity index (χ2n) is 9.24. The van der Waals surface area contributed by atoms with Crippen LogP contribution in [-0.4, -0.2) is 36.2 Å². The third-order valence-electron chi connectivity index (χ3n) is 6.19. The molecule has 0 amide bonds. The first-order valence-corrected chi connectivity index (χ1v) is 13.1. The second kappa shape index (κ2) is 12.2. The lowest BCUT2D eigenvalue weighted by atomic mass is 9.96. The number of hydrogen-bond acceptors (Lipinski definition) is 6. The normalized spacial score (nSPS) is 11.4. The van der Waals surface area contributed by atoms with Crippen molar-refractivity contribution in [3.05, 3.63) is 93.3 Å². The van der Waals surface area contributed by atoms with Crippen LogP contribution in [0.5, 0.6) is 17.2 Å². The third-order valence-corrected chi connectivity index (χ3v) is 6.47. The molecule has 0 saturated carbocycles. The molecule has 0 atom stereocenters. The Morgan fingerprint density at radius 3 is 2.59 bits per heavy atom. The van der Waals surface area contributed by atoms with E-state index in [9.17, 15) is 4.79 Å². The number of methoxy groups -OCH3 is 1. The van der Waals surface area contributed by atoms with Crippen molar-refractivity contribution in [3.8, 4) is 28.6 Å². The Hall–Kier alpha value is -4.10. The summed E-state index contributed by atoms with van der Waals surface area (Å²) in [6.45, 7) is 12.7. The average Bonchev–Trinajstić information content (AvgIpc) is 2.91. The van der Waals surface area contributed by atoms with Crippen molar-refractivity contribution in [3.63, 3.8) is 0 Å². The Kier molecular flexibility index (Phi) is 8.72. The van der Waals surface area contributed by atoms with Crippen LogP contribution in [0.25, 0.3) is 22.3 Å². The lowest BCUT2D eigenvalue weighted by molar-refractivity contribution is 0.326. The first-order chi connectivity index (χ1) is 18.8. The zero-order chi connectivity index (χ0) is 28.1. The number of fused-ring (bicyclic) bond motifs is 1. The molecule has 0 spiro atoms. The van der Waals surface area contributed by atoms with Gasteiger partial charge in [-0.2, -0.15) is 9.78 Å². The van der Waals surface area contributed by atoms with E-state index in [1.807, 2.05) is 44.2 Å². The van der Waals surface area contributed by atoms with E-state index in [0.717, 1.165) is 22.4 Å². The summed E-state index contributed by atoms with van der Waals surface area (Å²) < 4.78 is 18.4. The van der Waals surface area contributed by atoms with Gasteiger partial charge in [0, 0.05) is 5.56 Å². The fraction of sp³-hybridized carbons (Fsp3) is 0.258. The van der Waals surface area contributed by atoms with Crippen molar-refractivity contribution in [2.75, 3.05) is 20.3 Å². The molecule has 4 rings (SSSR count). The molecule has 0 N–H and O–H groups in total. The largest absolute Gasteiger partial charge is 0.494 e. The zero-order valence-electron chi connectivity index (χ0n) is 22.8. The smallest absolute Gasteiger partial charge is 0.282 e. The minimum absolute atomic E-state index is 0.200. The van der Waals surface area contributed by atoms with E-state index in [1.165, 1.54) is 11.8 Å². The van der Waals surface area contributed by atoms with Gasteiger partial charge in [0.2, 0.25) is 0 Å². The van der Waals surface area contributed by atoms with Gasteiger partial charge < -0.3 is 14.2 Å². The van der Waals surface area contributed by atoms with Crippen LogP contribution in [0.4, 0.5) is 0 Å². The zero-order valence-corrected chi connectivity index (χ0v) is 23.6. The molecule has 8 heteroatoms. The fourth-order valence-corrected chi connectivity index (χ4v) is 4.57. The number of benzene rings is 3.